The van der Waals surface area contributed by atoms with Gasteiger partial charge in [-0.15, -0.1) is 36.2 Å². The van der Waals surface area contributed by atoms with Crippen LogP contribution in [0.15, 0.2) is 29.8 Å². The van der Waals surface area contributed by atoms with Crippen molar-refractivity contribution in [1.29, 1.82) is 0 Å². The SMILES string of the molecule is CC(C)c1ccc(C(N)CNC(=O)c2scnc2C(C)(C)C)cc1.Cl.Cl. The van der Waals surface area contributed by atoms with Crippen molar-refractivity contribution in [3.8, 4) is 0 Å². The van der Waals surface area contributed by atoms with Crippen molar-refractivity contribution in [2.75, 3.05) is 6.54 Å². The molecular weight excluding hydrogens is 389 g/mol. The molecule has 0 aliphatic heterocycles. The third-order valence-electron chi connectivity index (χ3n) is 4.00. The quantitative estimate of drug-likeness (QED) is 0.730. The summed E-state index contributed by atoms with van der Waals surface area (Å²) in [5.74, 6) is 0.397. The number of nitrogens with one attached hydrogen (secondary N) is 1. The number of halogens is 2. The van der Waals surface area contributed by atoms with Crippen LogP contribution in [-0.2, 0) is 5.41 Å². The number of rotatable bonds is 5. The van der Waals surface area contributed by atoms with Crippen LogP contribution in [-0.4, -0.2) is 17.4 Å². The van der Waals surface area contributed by atoms with Crippen LogP contribution >= 0.6 is 36.2 Å². The molecule has 0 aliphatic rings. The van der Waals surface area contributed by atoms with E-state index in [2.05, 4.69) is 57.1 Å². The summed E-state index contributed by atoms with van der Waals surface area (Å²) in [4.78, 5) is 17.5. The molecule has 1 unspecified atom stereocenters. The summed E-state index contributed by atoms with van der Waals surface area (Å²) in [5, 5.41) is 2.94. The zero-order valence-electron chi connectivity index (χ0n) is 15.9. The van der Waals surface area contributed by atoms with Crippen LogP contribution in [0, 0.1) is 0 Å². The topological polar surface area (TPSA) is 68.0 Å². The minimum atomic E-state index is -0.221. The number of hydrogen-bond acceptors (Lipinski definition) is 4. The van der Waals surface area contributed by atoms with E-state index in [9.17, 15) is 4.79 Å². The largest absolute Gasteiger partial charge is 0.349 e. The molecule has 3 N–H and O–H groups in total. The molecule has 0 aliphatic carbocycles. The molecule has 0 radical (unpaired) electrons. The monoisotopic (exact) mass is 417 g/mol. The second kappa shape index (κ2) is 10.3. The summed E-state index contributed by atoms with van der Waals surface area (Å²) in [6.07, 6.45) is 0. The van der Waals surface area contributed by atoms with Gasteiger partial charge in [-0.3, -0.25) is 4.79 Å². The first kappa shape index (κ1) is 24.9. The normalized spacial score (nSPS) is 12.1. The van der Waals surface area contributed by atoms with E-state index < -0.39 is 0 Å². The standard InChI is InChI=1S/C19H27N3OS.2ClH/c1-12(2)13-6-8-14(9-7-13)15(20)10-21-18(23)16-17(19(3,4)5)22-11-24-16;;/h6-9,11-12,15H,10,20H2,1-5H3,(H,21,23);2*1H. The van der Waals surface area contributed by atoms with Crippen molar-refractivity contribution >= 4 is 42.1 Å². The molecule has 0 spiro atoms. The van der Waals surface area contributed by atoms with E-state index in [1.807, 2.05) is 12.1 Å². The van der Waals surface area contributed by atoms with E-state index in [0.29, 0.717) is 17.3 Å². The van der Waals surface area contributed by atoms with Gasteiger partial charge in [0.25, 0.3) is 5.91 Å². The van der Waals surface area contributed by atoms with Gasteiger partial charge in [0.2, 0.25) is 0 Å². The lowest BCUT2D eigenvalue weighted by Crippen LogP contribution is -2.32. The third kappa shape index (κ3) is 6.23. The van der Waals surface area contributed by atoms with Crippen LogP contribution < -0.4 is 11.1 Å². The van der Waals surface area contributed by atoms with E-state index in [0.717, 1.165) is 11.3 Å². The lowest BCUT2D eigenvalue weighted by atomic mass is 9.91. The van der Waals surface area contributed by atoms with Crippen molar-refractivity contribution in [2.45, 2.75) is 52.0 Å². The molecule has 1 aromatic heterocycles. The Morgan fingerprint density at radius 3 is 2.19 bits per heavy atom. The molecule has 2 aromatic rings. The van der Waals surface area contributed by atoms with Crippen molar-refractivity contribution < 1.29 is 4.79 Å². The number of nitrogens with two attached hydrogens (primary N) is 1. The highest BCUT2D eigenvalue weighted by Crippen LogP contribution is 2.27. The first-order valence-corrected chi connectivity index (χ1v) is 9.15. The molecule has 1 aromatic carbocycles. The fourth-order valence-electron chi connectivity index (χ4n) is 2.47. The van der Waals surface area contributed by atoms with Crippen LogP contribution in [0.25, 0.3) is 0 Å². The first-order chi connectivity index (χ1) is 11.2. The molecule has 1 heterocycles. The van der Waals surface area contributed by atoms with Gasteiger partial charge in [0.1, 0.15) is 4.88 Å². The molecule has 4 nitrogen and oxygen atoms in total. The van der Waals surface area contributed by atoms with Gasteiger partial charge in [-0.05, 0) is 17.0 Å². The highest BCUT2D eigenvalue weighted by atomic mass is 35.5. The van der Waals surface area contributed by atoms with Gasteiger partial charge in [-0.25, -0.2) is 4.98 Å². The summed E-state index contributed by atoms with van der Waals surface area (Å²) in [7, 11) is 0. The number of thiazole rings is 1. The Morgan fingerprint density at radius 2 is 1.69 bits per heavy atom. The highest BCUT2D eigenvalue weighted by Gasteiger charge is 2.25. The number of amides is 1. The van der Waals surface area contributed by atoms with Crippen LogP contribution in [0.4, 0.5) is 0 Å². The molecule has 26 heavy (non-hydrogen) atoms. The highest BCUT2D eigenvalue weighted by molar-refractivity contribution is 7.11. The maximum atomic E-state index is 12.5. The Kier molecular flexibility index (Phi) is 9.81. The minimum absolute atomic E-state index is 0. The lowest BCUT2D eigenvalue weighted by molar-refractivity contribution is 0.0953. The van der Waals surface area contributed by atoms with Crippen molar-refractivity contribution in [1.82, 2.24) is 10.3 Å². The van der Waals surface area contributed by atoms with Crippen LogP contribution in [0.5, 0.6) is 0 Å². The molecule has 7 heteroatoms. The molecule has 0 saturated heterocycles. The molecule has 0 bridgehead atoms. The lowest BCUT2D eigenvalue weighted by Gasteiger charge is -2.18. The van der Waals surface area contributed by atoms with Gasteiger partial charge in [0.15, 0.2) is 0 Å². The molecule has 146 valence electrons. The van der Waals surface area contributed by atoms with Crippen molar-refractivity contribution in [2.24, 2.45) is 5.73 Å². The number of carbonyl (C=O) groups excluding carboxylic acids is 1. The molecule has 1 atom stereocenters. The van der Waals surface area contributed by atoms with Crippen molar-refractivity contribution in [3.63, 3.8) is 0 Å². The second-order valence-electron chi connectivity index (χ2n) is 7.42. The van der Waals surface area contributed by atoms with E-state index in [4.69, 9.17) is 5.73 Å². The van der Waals surface area contributed by atoms with E-state index in [1.54, 1.807) is 5.51 Å². The predicted molar refractivity (Wildman–Crippen MR) is 115 cm³/mol. The molecule has 1 amide bonds. The van der Waals surface area contributed by atoms with Crippen LogP contribution in [0.2, 0.25) is 0 Å². The summed E-state index contributed by atoms with van der Waals surface area (Å²) < 4.78 is 0. The number of hydrogen-bond donors (Lipinski definition) is 2. The average Bonchev–Trinajstić information content (AvgIpc) is 3.02. The third-order valence-corrected chi connectivity index (χ3v) is 4.82. The van der Waals surface area contributed by atoms with Gasteiger partial charge in [0.05, 0.1) is 11.2 Å². The van der Waals surface area contributed by atoms with Crippen LogP contribution in [0.3, 0.4) is 0 Å². The van der Waals surface area contributed by atoms with Crippen molar-refractivity contribution in [3.05, 3.63) is 51.5 Å². The Morgan fingerprint density at radius 1 is 1.15 bits per heavy atom. The first-order valence-electron chi connectivity index (χ1n) is 8.27. The Balaban J connectivity index is 0.00000312. The van der Waals surface area contributed by atoms with Gasteiger partial charge in [-0.1, -0.05) is 58.9 Å². The van der Waals surface area contributed by atoms with Gasteiger partial charge in [0, 0.05) is 18.0 Å². The fourth-order valence-corrected chi connectivity index (χ4v) is 3.38. The van der Waals surface area contributed by atoms with Gasteiger partial charge >= 0.3 is 0 Å². The average molecular weight is 418 g/mol. The van der Waals surface area contributed by atoms with E-state index >= 15 is 0 Å². The maximum Gasteiger partial charge on any atom is 0.263 e. The zero-order chi connectivity index (χ0) is 17.9. The van der Waals surface area contributed by atoms with Gasteiger partial charge in [-0.2, -0.15) is 0 Å². The molecular formula is C19H29Cl2N3OS. The Labute approximate surface area is 172 Å². The number of benzene rings is 1. The maximum absolute atomic E-state index is 12.5. The molecule has 0 fully saturated rings. The van der Waals surface area contributed by atoms with Gasteiger partial charge < -0.3 is 11.1 Å². The minimum Gasteiger partial charge on any atom is -0.349 e. The van der Waals surface area contributed by atoms with E-state index in [1.165, 1.54) is 16.9 Å². The Bertz CT molecular complexity index is 694. The van der Waals surface area contributed by atoms with E-state index in [-0.39, 0.29) is 42.2 Å². The summed E-state index contributed by atoms with van der Waals surface area (Å²) in [6.45, 7) is 10.9. The number of aromatic nitrogens is 1. The Hall–Kier alpha value is -1.14. The second-order valence-corrected chi connectivity index (χ2v) is 8.27. The fraction of sp³-hybridized carbons (Fsp3) is 0.474. The zero-order valence-corrected chi connectivity index (χ0v) is 18.4. The molecule has 2 rings (SSSR count). The van der Waals surface area contributed by atoms with Crippen LogP contribution in [0.1, 0.15) is 73.1 Å². The predicted octanol–water partition coefficient (Wildman–Crippen LogP) is 4.84. The summed E-state index contributed by atoms with van der Waals surface area (Å²) in [5.41, 5.74) is 10.9. The summed E-state index contributed by atoms with van der Waals surface area (Å²) >= 11 is 1.37. The number of nitrogens with zero attached hydrogens (tertiary/aromatic N) is 1. The number of carbonyl (C=O) groups is 1. The molecule has 0 saturated carbocycles. The summed E-state index contributed by atoms with van der Waals surface area (Å²) in [6, 6.07) is 8.06. The smallest absolute Gasteiger partial charge is 0.263 e.